The van der Waals surface area contributed by atoms with Crippen LogP contribution < -0.4 is 26.8 Å². The van der Waals surface area contributed by atoms with Gasteiger partial charge in [0.2, 0.25) is 0 Å². The molecule has 3 rings (SSSR count). The molecule has 10 heteroatoms. The Morgan fingerprint density at radius 2 is 1.80 bits per heavy atom. The first-order valence-corrected chi connectivity index (χ1v) is 8.89. The minimum absolute atomic E-state index is 0.0418. The van der Waals surface area contributed by atoms with E-state index in [9.17, 15) is 28.3 Å². The lowest BCUT2D eigenvalue weighted by Crippen LogP contribution is -2.40. The van der Waals surface area contributed by atoms with Gasteiger partial charge in [-0.15, -0.1) is 0 Å². The molecule has 3 aromatic rings. The summed E-state index contributed by atoms with van der Waals surface area (Å²) >= 11 is 0. The minimum atomic E-state index is -3.33. The Morgan fingerprint density at radius 3 is 2.37 bits per heavy atom. The van der Waals surface area contributed by atoms with Crippen LogP contribution in [0.1, 0.15) is 34.8 Å². The number of hydrogen-bond donors (Lipinski definition) is 4. The second-order valence-electron chi connectivity index (χ2n) is 6.80. The number of carbonyl (C=O) groups excluding carboxylic acids is 1. The van der Waals surface area contributed by atoms with E-state index >= 15 is 0 Å². The monoisotopic (exact) mass is 419 g/mol. The zero-order chi connectivity index (χ0) is 22.2. The summed E-state index contributed by atoms with van der Waals surface area (Å²) < 4.78 is 33.6. The van der Waals surface area contributed by atoms with Crippen LogP contribution in [0.4, 0.5) is 25.8 Å². The molecule has 1 amide bonds. The summed E-state index contributed by atoms with van der Waals surface area (Å²) in [4.78, 5) is 35.9. The summed E-state index contributed by atoms with van der Waals surface area (Å²) in [7, 11) is 1.38. The molecule has 1 aromatic heterocycles. The fraction of sp³-hybridized carbons (Fsp3) is 0.250. The highest BCUT2D eigenvalue weighted by atomic mass is 19.3. The van der Waals surface area contributed by atoms with E-state index in [-0.39, 0.29) is 28.4 Å². The second-order valence-corrected chi connectivity index (χ2v) is 6.80. The van der Waals surface area contributed by atoms with Crippen molar-refractivity contribution in [2.75, 3.05) is 17.7 Å². The molecule has 0 saturated heterocycles. The van der Waals surface area contributed by atoms with Crippen LogP contribution in [-0.2, 0) is 0 Å². The third-order valence-corrected chi connectivity index (χ3v) is 4.52. The zero-order valence-electron chi connectivity index (χ0n) is 16.3. The number of benzene rings is 1. The molecule has 0 aliphatic rings. The number of aryl methyl sites for hydroxylation is 1. The van der Waals surface area contributed by atoms with Crippen LogP contribution >= 0.6 is 0 Å². The average molecular weight is 419 g/mol. The van der Waals surface area contributed by atoms with Gasteiger partial charge in [-0.2, -0.15) is 0 Å². The Morgan fingerprint density at radius 1 is 1.13 bits per heavy atom. The summed E-state index contributed by atoms with van der Waals surface area (Å²) in [6.07, 6.45) is 0. The molecule has 0 aliphatic carbocycles. The number of phenols is 1. The Labute approximate surface area is 169 Å². The van der Waals surface area contributed by atoms with E-state index in [0.717, 1.165) is 0 Å². The van der Waals surface area contributed by atoms with Crippen LogP contribution in [0.2, 0.25) is 0 Å². The van der Waals surface area contributed by atoms with Crippen molar-refractivity contribution >= 4 is 23.0 Å². The number of carbonyl (C=O) groups is 1. The lowest BCUT2D eigenvalue weighted by Gasteiger charge is -2.26. The van der Waals surface area contributed by atoms with Crippen molar-refractivity contribution in [3.63, 3.8) is 0 Å². The van der Waals surface area contributed by atoms with Gasteiger partial charge in [-0.25, -0.2) is 8.78 Å². The van der Waals surface area contributed by atoms with E-state index in [0.29, 0.717) is 12.7 Å². The maximum Gasteiger partial charge on any atom is 0.272 e. The van der Waals surface area contributed by atoms with E-state index in [2.05, 4.69) is 16.0 Å². The van der Waals surface area contributed by atoms with Gasteiger partial charge in [0, 0.05) is 14.0 Å². The molecular weight excluding hydrogens is 400 g/mol. The van der Waals surface area contributed by atoms with Crippen molar-refractivity contribution in [1.82, 2.24) is 5.32 Å². The summed E-state index contributed by atoms with van der Waals surface area (Å²) in [5.41, 5.74) is -2.72. The van der Waals surface area contributed by atoms with E-state index in [1.165, 1.54) is 37.4 Å². The van der Waals surface area contributed by atoms with Crippen LogP contribution in [0.25, 0.3) is 0 Å². The number of rotatable bonds is 7. The van der Waals surface area contributed by atoms with Crippen molar-refractivity contribution in [3.05, 3.63) is 67.9 Å². The third-order valence-electron chi connectivity index (χ3n) is 4.52. The SMILES string of the molecule is CNC(=O)c1cccc(Nc2c(N[C@@H](c3ccc(C)o3)C(C)(F)F)c(=O)c2=O)c1O. The predicted molar refractivity (Wildman–Crippen MR) is 107 cm³/mol. The smallest absolute Gasteiger partial charge is 0.272 e. The van der Waals surface area contributed by atoms with Crippen molar-refractivity contribution in [1.29, 1.82) is 0 Å². The number of para-hydroxylation sites is 1. The standard InChI is InChI=1S/C20H19F2N3O5/c1-9-7-8-12(30-9)18(20(2,21)22)25-14-13(16(27)17(14)28)24-11-6-4-5-10(15(11)26)19(29)23-3/h4-8,18,24-26H,1-3H3,(H,23,29)/t18-/m0/s1. The molecule has 1 heterocycles. The number of halogens is 2. The highest BCUT2D eigenvalue weighted by Gasteiger charge is 2.40. The van der Waals surface area contributed by atoms with Gasteiger partial charge in [0.25, 0.3) is 22.7 Å². The number of aromatic hydroxyl groups is 1. The lowest BCUT2D eigenvalue weighted by molar-refractivity contribution is -0.00541. The number of anilines is 3. The normalized spacial score (nSPS) is 12.6. The van der Waals surface area contributed by atoms with Gasteiger partial charge >= 0.3 is 0 Å². The third kappa shape index (κ3) is 3.76. The molecule has 4 N–H and O–H groups in total. The molecule has 0 radical (unpaired) electrons. The fourth-order valence-corrected chi connectivity index (χ4v) is 2.95. The maximum atomic E-state index is 14.2. The molecule has 0 spiro atoms. The molecule has 0 unspecified atom stereocenters. The molecule has 158 valence electrons. The molecular formula is C20H19F2N3O5. The van der Waals surface area contributed by atoms with Crippen LogP contribution in [0.3, 0.4) is 0 Å². The first-order chi connectivity index (χ1) is 14.0. The van der Waals surface area contributed by atoms with Gasteiger partial charge in [-0.1, -0.05) is 6.07 Å². The van der Waals surface area contributed by atoms with Crippen LogP contribution in [-0.4, -0.2) is 24.0 Å². The summed E-state index contributed by atoms with van der Waals surface area (Å²) in [5.74, 6) is -4.07. The Balaban J connectivity index is 1.96. The summed E-state index contributed by atoms with van der Waals surface area (Å²) in [6.45, 7) is 2.24. The summed E-state index contributed by atoms with van der Waals surface area (Å²) in [6, 6.07) is 5.31. The van der Waals surface area contributed by atoms with Crippen molar-refractivity contribution in [2.45, 2.75) is 25.8 Å². The van der Waals surface area contributed by atoms with Crippen LogP contribution in [0.5, 0.6) is 5.75 Å². The first kappa shape index (κ1) is 21.0. The topological polar surface area (TPSA) is 121 Å². The van der Waals surface area contributed by atoms with E-state index in [1.54, 1.807) is 6.92 Å². The van der Waals surface area contributed by atoms with Gasteiger partial charge in [0.05, 0.1) is 11.3 Å². The van der Waals surface area contributed by atoms with Gasteiger partial charge in [-0.05, 0) is 31.2 Å². The molecule has 0 aliphatic heterocycles. The molecule has 8 nitrogen and oxygen atoms in total. The number of nitrogens with one attached hydrogen (secondary N) is 3. The van der Waals surface area contributed by atoms with Gasteiger partial charge in [0.15, 0.2) is 5.75 Å². The number of hydrogen-bond acceptors (Lipinski definition) is 7. The number of furan rings is 1. The molecule has 0 bridgehead atoms. The van der Waals surface area contributed by atoms with Gasteiger partial charge < -0.3 is 25.5 Å². The Hall–Kier alpha value is -3.69. The predicted octanol–water partition coefficient (Wildman–Crippen LogP) is 2.80. The second kappa shape index (κ2) is 7.62. The van der Waals surface area contributed by atoms with Crippen LogP contribution in [0.15, 0.2) is 44.3 Å². The van der Waals surface area contributed by atoms with Crippen molar-refractivity contribution in [2.24, 2.45) is 0 Å². The highest BCUT2D eigenvalue weighted by Crippen LogP contribution is 2.37. The van der Waals surface area contributed by atoms with Gasteiger partial charge in [0.1, 0.15) is 28.9 Å². The summed E-state index contributed by atoms with van der Waals surface area (Å²) in [5, 5.41) is 17.6. The molecule has 1 atom stereocenters. The van der Waals surface area contributed by atoms with Gasteiger partial charge in [-0.3, -0.25) is 14.4 Å². The maximum absolute atomic E-state index is 14.2. The zero-order valence-corrected chi connectivity index (χ0v) is 16.3. The van der Waals surface area contributed by atoms with E-state index in [4.69, 9.17) is 4.42 Å². The average Bonchev–Trinajstić information content (AvgIpc) is 3.12. The first-order valence-electron chi connectivity index (χ1n) is 8.89. The number of amides is 1. The Kier molecular flexibility index (Phi) is 5.34. The largest absolute Gasteiger partial charge is 0.505 e. The van der Waals surface area contributed by atoms with Crippen LogP contribution in [0, 0.1) is 6.92 Å². The highest BCUT2D eigenvalue weighted by molar-refractivity contribution is 5.99. The molecule has 0 saturated carbocycles. The Bertz CT molecular complexity index is 1170. The fourth-order valence-electron chi connectivity index (χ4n) is 2.95. The number of alkyl halides is 2. The van der Waals surface area contributed by atoms with Crippen molar-refractivity contribution < 1.29 is 23.1 Å². The molecule has 30 heavy (non-hydrogen) atoms. The number of phenolic OH excluding ortho intramolecular Hbond substituents is 1. The molecule has 0 fully saturated rings. The molecule has 2 aromatic carbocycles. The van der Waals surface area contributed by atoms with Crippen molar-refractivity contribution in [3.8, 4) is 5.75 Å². The minimum Gasteiger partial charge on any atom is -0.505 e. The quantitative estimate of drug-likeness (QED) is 0.343. The van der Waals surface area contributed by atoms with E-state index in [1.807, 2.05) is 0 Å². The lowest BCUT2D eigenvalue weighted by atomic mass is 10.1. The van der Waals surface area contributed by atoms with E-state index < -0.39 is 34.5 Å².